The van der Waals surface area contributed by atoms with E-state index in [0.29, 0.717) is 10.8 Å². The molecule has 0 amide bonds. The minimum atomic E-state index is -0.583. The van der Waals surface area contributed by atoms with Crippen LogP contribution in [0.25, 0.3) is 10.8 Å². The van der Waals surface area contributed by atoms with Crippen LogP contribution in [0.15, 0.2) is 36.4 Å². The first-order valence-electron chi connectivity index (χ1n) is 5.55. The van der Waals surface area contributed by atoms with Gasteiger partial charge >= 0.3 is 5.97 Å². The molecular formula is C14H10ClNO3. The van der Waals surface area contributed by atoms with Gasteiger partial charge in [0.15, 0.2) is 13.2 Å². The molecular weight excluding hydrogens is 266 g/mol. The summed E-state index contributed by atoms with van der Waals surface area (Å²) in [5.74, 6) is -0.0329. The van der Waals surface area contributed by atoms with Gasteiger partial charge in [0, 0.05) is 15.8 Å². The Hall–Kier alpha value is -2.25. The Morgan fingerprint density at radius 2 is 1.95 bits per heavy atom. The Balaban J connectivity index is 2.16. The Kier molecular flexibility index (Phi) is 4.22. The molecule has 0 radical (unpaired) electrons. The molecule has 5 heteroatoms. The molecule has 0 spiro atoms. The normalized spacial score (nSPS) is 9.89. The molecule has 0 saturated heterocycles. The van der Waals surface area contributed by atoms with Crippen molar-refractivity contribution in [3.8, 4) is 11.8 Å². The van der Waals surface area contributed by atoms with Gasteiger partial charge in [-0.25, -0.2) is 4.79 Å². The summed E-state index contributed by atoms with van der Waals surface area (Å²) in [5.41, 5.74) is 0. The number of nitriles is 1. The number of ether oxygens (including phenoxy) is 2. The maximum atomic E-state index is 11.3. The van der Waals surface area contributed by atoms with Crippen LogP contribution < -0.4 is 4.74 Å². The maximum absolute atomic E-state index is 11.3. The molecule has 0 fully saturated rings. The topological polar surface area (TPSA) is 59.3 Å². The summed E-state index contributed by atoms with van der Waals surface area (Å²) in [6, 6.07) is 12.6. The van der Waals surface area contributed by atoms with E-state index in [1.54, 1.807) is 18.2 Å². The molecule has 96 valence electrons. The van der Waals surface area contributed by atoms with E-state index < -0.39 is 5.97 Å². The van der Waals surface area contributed by atoms with E-state index in [9.17, 15) is 4.79 Å². The Bertz CT molecular complexity index is 649. The average Bonchev–Trinajstić information content (AvgIpc) is 2.45. The lowest BCUT2D eigenvalue weighted by Gasteiger charge is -2.09. The molecule has 2 rings (SSSR count). The Morgan fingerprint density at radius 1 is 1.21 bits per heavy atom. The second kappa shape index (κ2) is 6.07. The van der Waals surface area contributed by atoms with Crippen LogP contribution >= 0.6 is 11.6 Å². The molecule has 0 aliphatic rings. The summed E-state index contributed by atoms with van der Waals surface area (Å²) in [6.07, 6.45) is 0. The second-order valence-electron chi connectivity index (χ2n) is 3.70. The van der Waals surface area contributed by atoms with Crippen molar-refractivity contribution < 1.29 is 14.3 Å². The van der Waals surface area contributed by atoms with Gasteiger partial charge < -0.3 is 9.47 Å². The van der Waals surface area contributed by atoms with E-state index in [1.165, 1.54) is 0 Å². The highest BCUT2D eigenvalue weighted by Crippen LogP contribution is 2.31. The summed E-state index contributed by atoms with van der Waals surface area (Å²) in [6.45, 7) is -0.517. The number of carbonyl (C=O) groups is 1. The number of hydrogen-bond acceptors (Lipinski definition) is 4. The molecule has 0 atom stereocenters. The quantitative estimate of drug-likeness (QED) is 0.805. The lowest BCUT2D eigenvalue weighted by molar-refractivity contribution is -0.144. The highest BCUT2D eigenvalue weighted by molar-refractivity contribution is 6.35. The number of nitrogens with zero attached hydrogens (tertiary/aromatic N) is 1. The van der Waals surface area contributed by atoms with E-state index in [2.05, 4.69) is 4.74 Å². The van der Waals surface area contributed by atoms with Crippen LogP contribution in [0.5, 0.6) is 5.75 Å². The summed E-state index contributed by atoms with van der Waals surface area (Å²) < 4.78 is 9.99. The van der Waals surface area contributed by atoms with Crippen molar-refractivity contribution in [3.05, 3.63) is 41.4 Å². The van der Waals surface area contributed by atoms with E-state index >= 15 is 0 Å². The van der Waals surface area contributed by atoms with Crippen molar-refractivity contribution >= 4 is 28.3 Å². The fourth-order valence-electron chi connectivity index (χ4n) is 1.65. The minimum Gasteiger partial charge on any atom is -0.481 e. The third-order valence-corrected chi connectivity index (χ3v) is 2.80. The molecule has 4 nitrogen and oxygen atoms in total. The lowest BCUT2D eigenvalue weighted by Crippen LogP contribution is -2.15. The SMILES string of the molecule is N#CCOC(=O)COc1ccc(Cl)c2ccccc12. The first kappa shape index (κ1) is 13.2. The smallest absolute Gasteiger partial charge is 0.345 e. The van der Waals surface area contributed by atoms with Crippen LogP contribution in [-0.4, -0.2) is 19.2 Å². The fraction of sp³-hybridized carbons (Fsp3) is 0.143. The van der Waals surface area contributed by atoms with Crippen LogP contribution in [0.3, 0.4) is 0 Å². The molecule has 19 heavy (non-hydrogen) atoms. The third-order valence-electron chi connectivity index (χ3n) is 2.47. The number of halogens is 1. The monoisotopic (exact) mass is 275 g/mol. The van der Waals surface area contributed by atoms with E-state index in [-0.39, 0.29) is 13.2 Å². The summed E-state index contributed by atoms with van der Waals surface area (Å²) in [7, 11) is 0. The molecule has 0 heterocycles. The predicted octanol–water partition coefficient (Wildman–Crippen LogP) is 2.94. The maximum Gasteiger partial charge on any atom is 0.345 e. The number of rotatable bonds is 4. The molecule has 0 aromatic heterocycles. The largest absolute Gasteiger partial charge is 0.481 e. The van der Waals surface area contributed by atoms with Crippen LogP contribution in [0.2, 0.25) is 5.02 Å². The minimum absolute atomic E-state index is 0.243. The highest BCUT2D eigenvalue weighted by atomic mass is 35.5. The molecule has 0 aliphatic carbocycles. The lowest BCUT2D eigenvalue weighted by atomic mass is 10.1. The molecule has 0 saturated carbocycles. The van der Waals surface area contributed by atoms with Gasteiger partial charge in [0.1, 0.15) is 11.8 Å². The van der Waals surface area contributed by atoms with Crippen molar-refractivity contribution in [3.63, 3.8) is 0 Å². The van der Waals surface area contributed by atoms with Crippen molar-refractivity contribution in [1.29, 1.82) is 5.26 Å². The van der Waals surface area contributed by atoms with Gasteiger partial charge in [0.25, 0.3) is 0 Å². The van der Waals surface area contributed by atoms with Gasteiger partial charge in [-0.05, 0) is 12.1 Å². The molecule has 2 aromatic carbocycles. The van der Waals surface area contributed by atoms with E-state index in [4.69, 9.17) is 21.6 Å². The summed E-state index contributed by atoms with van der Waals surface area (Å²) in [4.78, 5) is 11.3. The number of hydrogen-bond donors (Lipinski definition) is 0. The Morgan fingerprint density at radius 3 is 2.68 bits per heavy atom. The average molecular weight is 276 g/mol. The van der Waals surface area contributed by atoms with Crippen LogP contribution in [0, 0.1) is 11.3 Å². The zero-order chi connectivity index (χ0) is 13.7. The summed E-state index contributed by atoms with van der Waals surface area (Å²) >= 11 is 6.08. The van der Waals surface area contributed by atoms with Gasteiger partial charge in [0.05, 0.1) is 0 Å². The van der Waals surface area contributed by atoms with Gasteiger partial charge in [-0.3, -0.25) is 0 Å². The number of carbonyl (C=O) groups excluding carboxylic acids is 1. The number of esters is 1. The first-order chi connectivity index (χ1) is 9.22. The van der Waals surface area contributed by atoms with Crippen LogP contribution in [0.4, 0.5) is 0 Å². The van der Waals surface area contributed by atoms with Crippen molar-refractivity contribution in [2.24, 2.45) is 0 Å². The standard InChI is InChI=1S/C14H10ClNO3/c15-12-5-6-13(11-4-2-1-3-10(11)12)19-9-14(17)18-8-7-16/h1-6H,8-9H2. The molecule has 0 unspecified atom stereocenters. The van der Waals surface area contributed by atoms with Gasteiger partial charge in [0.2, 0.25) is 0 Å². The van der Waals surface area contributed by atoms with E-state index in [0.717, 1.165) is 10.8 Å². The molecule has 0 bridgehead atoms. The zero-order valence-corrected chi connectivity index (χ0v) is 10.7. The van der Waals surface area contributed by atoms with E-state index in [1.807, 2.05) is 24.3 Å². The van der Waals surface area contributed by atoms with Gasteiger partial charge in [-0.1, -0.05) is 35.9 Å². The number of benzene rings is 2. The Labute approximate surface area is 115 Å². The highest BCUT2D eigenvalue weighted by Gasteiger charge is 2.08. The van der Waals surface area contributed by atoms with Gasteiger partial charge in [-0.15, -0.1) is 0 Å². The fourth-order valence-corrected chi connectivity index (χ4v) is 1.88. The predicted molar refractivity (Wildman–Crippen MR) is 71.0 cm³/mol. The second-order valence-corrected chi connectivity index (χ2v) is 4.11. The van der Waals surface area contributed by atoms with Gasteiger partial charge in [-0.2, -0.15) is 5.26 Å². The van der Waals surface area contributed by atoms with Crippen LogP contribution in [0.1, 0.15) is 0 Å². The number of fused-ring (bicyclic) bond motifs is 1. The first-order valence-corrected chi connectivity index (χ1v) is 5.93. The zero-order valence-electron chi connectivity index (χ0n) is 9.93. The molecule has 0 aliphatic heterocycles. The van der Waals surface area contributed by atoms with Crippen molar-refractivity contribution in [2.75, 3.05) is 13.2 Å². The van der Waals surface area contributed by atoms with Crippen molar-refractivity contribution in [1.82, 2.24) is 0 Å². The molecule has 2 aromatic rings. The van der Waals surface area contributed by atoms with Crippen molar-refractivity contribution in [2.45, 2.75) is 0 Å². The van der Waals surface area contributed by atoms with Crippen LogP contribution in [-0.2, 0) is 9.53 Å². The molecule has 0 N–H and O–H groups in total. The third kappa shape index (κ3) is 3.15. The summed E-state index contributed by atoms with van der Waals surface area (Å²) in [5, 5.41) is 10.6.